The molecule has 0 bridgehead atoms. The summed E-state index contributed by atoms with van der Waals surface area (Å²) in [7, 11) is 0. The van der Waals surface area contributed by atoms with Gasteiger partial charge < -0.3 is 9.73 Å². The fourth-order valence-electron chi connectivity index (χ4n) is 2.08. The Kier molecular flexibility index (Phi) is 3.51. The van der Waals surface area contributed by atoms with Crippen molar-refractivity contribution in [1.82, 2.24) is 14.9 Å². The number of nitrogens with zero attached hydrogens (tertiary/aromatic N) is 2. The molecule has 0 saturated heterocycles. The van der Waals surface area contributed by atoms with E-state index < -0.39 is 0 Å². The smallest absolute Gasteiger partial charge is 0.269 e. The third-order valence-corrected chi connectivity index (χ3v) is 3.09. The van der Waals surface area contributed by atoms with Crippen molar-refractivity contribution in [3.05, 3.63) is 65.0 Å². The lowest BCUT2D eigenvalue weighted by Crippen LogP contribution is -2.32. The summed E-state index contributed by atoms with van der Waals surface area (Å²) in [4.78, 5) is 27.9. The van der Waals surface area contributed by atoms with E-state index in [1.54, 1.807) is 36.6 Å². The van der Waals surface area contributed by atoms with Crippen LogP contribution in [0.25, 0.3) is 11.0 Å². The Morgan fingerprint density at radius 2 is 2.10 bits per heavy atom. The third-order valence-electron chi connectivity index (χ3n) is 3.09. The first-order chi connectivity index (χ1) is 10.2. The molecule has 0 aliphatic rings. The van der Waals surface area contributed by atoms with Crippen LogP contribution in [-0.2, 0) is 17.9 Å². The van der Waals surface area contributed by atoms with Crippen LogP contribution < -0.4 is 10.9 Å². The lowest BCUT2D eigenvalue weighted by molar-refractivity contribution is -0.121. The highest BCUT2D eigenvalue weighted by molar-refractivity contribution is 5.79. The van der Waals surface area contributed by atoms with E-state index in [1.807, 2.05) is 6.07 Å². The van der Waals surface area contributed by atoms with E-state index in [4.69, 9.17) is 4.42 Å². The average Bonchev–Trinajstić information content (AvgIpc) is 3.01. The van der Waals surface area contributed by atoms with Crippen molar-refractivity contribution in [3.63, 3.8) is 0 Å². The van der Waals surface area contributed by atoms with E-state index in [0.29, 0.717) is 23.3 Å². The molecule has 106 valence electrons. The summed E-state index contributed by atoms with van der Waals surface area (Å²) in [5.74, 6) is 0.403. The second-order valence-corrected chi connectivity index (χ2v) is 4.53. The van der Waals surface area contributed by atoms with Crippen LogP contribution in [0.15, 0.2) is 58.1 Å². The van der Waals surface area contributed by atoms with E-state index in [2.05, 4.69) is 10.3 Å². The van der Waals surface area contributed by atoms with E-state index in [0.717, 1.165) is 0 Å². The van der Waals surface area contributed by atoms with Crippen molar-refractivity contribution < 1.29 is 9.21 Å². The van der Waals surface area contributed by atoms with Gasteiger partial charge in [0.1, 0.15) is 12.3 Å². The Balaban J connectivity index is 1.79. The monoisotopic (exact) mass is 283 g/mol. The van der Waals surface area contributed by atoms with Crippen molar-refractivity contribution in [2.45, 2.75) is 13.1 Å². The largest absolute Gasteiger partial charge is 0.467 e. The first-order valence-corrected chi connectivity index (χ1v) is 6.48. The van der Waals surface area contributed by atoms with Gasteiger partial charge in [-0.2, -0.15) is 0 Å². The Hall–Kier alpha value is -2.89. The van der Waals surface area contributed by atoms with Gasteiger partial charge >= 0.3 is 0 Å². The SMILES string of the molecule is O=C(Cn1c(=O)cnc2ccccc21)NCc1ccco1. The summed E-state index contributed by atoms with van der Waals surface area (Å²) in [6.45, 7) is 0.242. The topological polar surface area (TPSA) is 77.1 Å². The van der Waals surface area contributed by atoms with Crippen LogP contribution in [0.2, 0.25) is 0 Å². The molecule has 1 N–H and O–H groups in total. The number of nitrogens with one attached hydrogen (secondary N) is 1. The molecule has 3 aromatic rings. The average molecular weight is 283 g/mol. The standard InChI is InChI=1S/C15H13N3O3/c19-14(17-8-11-4-3-7-21-11)10-18-13-6-2-1-5-12(13)16-9-15(18)20/h1-7,9H,8,10H2,(H,17,19). The van der Waals surface area contributed by atoms with Crippen molar-refractivity contribution >= 4 is 16.9 Å². The number of rotatable bonds is 4. The summed E-state index contributed by atoms with van der Waals surface area (Å²) in [6.07, 6.45) is 2.77. The van der Waals surface area contributed by atoms with E-state index in [-0.39, 0.29) is 18.0 Å². The van der Waals surface area contributed by atoms with Crippen molar-refractivity contribution in [3.8, 4) is 0 Å². The second kappa shape index (κ2) is 5.62. The van der Waals surface area contributed by atoms with Crippen LogP contribution in [0.3, 0.4) is 0 Å². The minimum atomic E-state index is -0.304. The van der Waals surface area contributed by atoms with E-state index in [1.165, 1.54) is 10.8 Å². The minimum Gasteiger partial charge on any atom is -0.467 e. The van der Waals surface area contributed by atoms with Crippen molar-refractivity contribution in [2.24, 2.45) is 0 Å². The van der Waals surface area contributed by atoms with Crippen LogP contribution >= 0.6 is 0 Å². The zero-order valence-electron chi connectivity index (χ0n) is 11.2. The Labute approximate surface area is 120 Å². The summed E-state index contributed by atoms with van der Waals surface area (Å²) in [5, 5.41) is 2.71. The summed E-state index contributed by atoms with van der Waals surface area (Å²) in [5.41, 5.74) is 1.01. The lowest BCUT2D eigenvalue weighted by atomic mass is 10.3. The van der Waals surface area contributed by atoms with Gasteiger partial charge in [0.15, 0.2) is 0 Å². The fourth-order valence-corrected chi connectivity index (χ4v) is 2.08. The maximum absolute atomic E-state index is 12.0. The Morgan fingerprint density at radius 3 is 2.90 bits per heavy atom. The Bertz CT molecular complexity index is 822. The predicted molar refractivity (Wildman–Crippen MR) is 76.6 cm³/mol. The molecular weight excluding hydrogens is 270 g/mol. The molecule has 0 unspecified atom stereocenters. The maximum Gasteiger partial charge on any atom is 0.269 e. The highest BCUT2D eigenvalue weighted by atomic mass is 16.3. The van der Waals surface area contributed by atoms with Gasteiger partial charge in [0.05, 0.1) is 30.0 Å². The number of hydrogen-bond donors (Lipinski definition) is 1. The first kappa shape index (κ1) is 13.1. The van der Waals surface area contributed by atoms with Crippen LogP contribution in [0, 0.1) is 0 Å². The van der Waals surface area contributed by atoms with Gasteiger partial charge in [-0.15, -0.1) is 0 Å². The van der Waals surface area contributed by atoms with Crippen LogP contribution in [-0.4, -0.2) is 15.5 Å². The molecule has 2 aromatic heterocycles. The number of hydrogen-bond acceptors (Lipinski definition) is 4. The molecule has 6 nitrogen and oxygen atoms in total. The van der Waals surface area contributed by atoms with Gasteiger partial charge in [-0.05, 0) is 24.3 Å². The van der Waals surface area contributed by atoms with E-state index >= 15 is 0 Å². The molecule has 6 heteroatoms. The summed E-state index contributed by atoms with van der Waals surface area (Å²) >= 11 is 0. The predicted octanol–water partition coefficient (Wildman–Crippen LogP) is 1.31. The summed E-state index contributed by atoms with van der Waals surface area (Å²) in [6, 6.07) is 10.7. The van der Waals surface area contributed by atoms with Gasteiger partial charge in [0.25, 0.3) is 5.56 Å². The zero-order valence-corrected chi connectivity index (χ0v) is 11.2. The molecule has 1 aromatic carbocycles. The maximum atomic E-state index is 12.0. The molecule has 0 fully saturated rings. The van der Waals surface area contributed by atoms with E-state index in [9.17, 15) is 9.59 Å². The molecular formula is C15H13N3O3. The molecule has 0 saturated carbocycles. The van der Waals surface area contributed by atoms with Crippen LogP contribution in [0.4, 0.5) is 0 Å². The molecule has 0 spiro atoms. The van der Waals surface area contributed by atoms with Crippen LogP contribution in [0.5, 0.6) is 0 Å². The fraction of sp³-hybridized carbons (Fsp3) is 0.133. The highest BCUT2D eigenvalue weighted by Crippen LogP contribution is 2.08. The number of carbonyl (C=O) groups is 1. The van der Waals surface area contributed by atoms with Crippen molar-refractivity contribution in [1.29, 1.82) is 0 Å². The van der Waals surface area contributed by atoms with Crippen LogP contribution in [0.1, 0.15) is 5.76 Å². The highest BCUT2D eigenvalue weighted by Gasteiger charge is 2.09. The van der Waals surface area contributed by atoms with Gasteiger partial charge in [-0.1, -0.05) is 12.1 Å². The number of furan rings is 1. The van der Waals surface area contributed by atoms with Crippen molar-refractivity contribution in [2.75, 3.05) is 0 Å². The molecule has 0 aliphatic carbocycles. The quantitative estimate of drug-likeness (QED) is 0.783. The molecule has 0 radical (unpaired) electrons. The number of aromatic nitrogens is 2. The molecule has 0 aliphatic heterocycles. The van der Waals surface area contributed by atoms with Gasteiger partial charge in [0.2, 0.25) is 5.91 Å². The second-order valence-electron chi connectivity index (χ2n) is 4.53. The normalized spacial score (nSPS) is 10.7. The number of amides is 1. The van der Waals surface area contributed by atoms with Gasteiger partial charge in [0, 0.05) is 0 Å². The minimum absolute atomic E-state index is 0.0530. The molecule has 3 rings (SSSR count). The number of benzene rings is 1. The Morgan fingerprint density at radius 1 is 1.24 bits per heavy atom. The lowest BCUT2D eigenvalue weighted by Gasteiger charge is -2.09. The summed E-state index contributed by atoms with van der Waals surface area (Å²) < 4.78 is 6.54. The zero-order chi connectivity index (χ0) is 14.7. The molecule has 2 heterocycles. The number of fused-ring (bicyclic) bond motifs is 1. The van der Waals surface area contributed by atoms with Gasteiger partial charge in [-0.3, -0.25) is 14.2 Å². The third kappa shape index (κ3) is 2.84. The molecule has 21 heavy (non-hydrogen) atoms. The molecule has 0 atom stereocenters. The number of carbonyl (C=O) groups excluding carboxylic acids is 1. The van der Waals surface area contributed by atoms with Gasteiger partial charge in [-0.25, -0.2) is 4.98 Å². The molecule has 1 amide bonds. The first-order valence-electron chi connectivity index (χ1n) is 6.48. The number of para-hydroxylation sites is 2.